The fraction of sp³-hybridized carbons (Fsp3) is 0.350. The van der Waals surface area contributed by atoms with Crippen molar-refractivity contribution in [2.45, 2.75) is 38.8 Å². The molecule has 2 aliphatic rings. The van der Waals surface area contributed by atoms with Crippen LogP contribution in [0.3, 0.4) is 0 Å². The number of rotatable bonds is 3. The summed E-state index contributed by atoms with van der Waals surface area (Å²) in [5.74, 6) is -0.289. The van der Waals surface area contributed by atoms with Gasteiger partial charge in [0.05, 0.1) is 23.4 Å². The van der Waals surface area contributed by atoms with Crippen molar-refractivity contribution in [3.63, 3.8) is 0 Å². The Morgan fingerprint density at radius 2 is 1.93 bits per heavy atom. The van der Waals surface area contributed by atoms with Crippen molar-refractivity contribution in [2.75, 3.05) is 11.9 Å². The normalized spacial score (nSPS) is 15.8. The molecule has 1 aromatic heterocycles. The van der Waals surface area contributed by atoms with Gasteiger partial charge < -0.3 is 20.5 Å². The Labute approximate surface area is 157 Å². The maximum atomic E-state index is 12.7. The Morgan fingerprint density at radius 1 is 1.22 bits per heavy atom. The summed E-state index contributed by atoms with van der Waals surface area (Å²) in [6, 6.07) is 9.52. The standard InChI is InChI=1S/C20H21N5O2/c1-12-2-6-14(7-3-12)23-20(27)24-8-9-25-16(11-24)17(19(22)26)15(10-21)18(25)13-4-5-13/h2-3,6-7,13H,4-5,8-9,11H2,1H3,(H2,22,26)(H,23,27). The van der Waals surface area contributed by atoms with Crippen LogP contribution >= 0.6 is 0 Å². The van der Waals surface area contributed by atoms with E-state index in [-0.39, 0.29) is 18.1 Å². The largest absolute Gasteiger partial charge is 0.366 e. The van der Waals surface area contributed by atoms with Crippen LogP contribution in [0.25, 0.3) is 0 Å². The molecule has 0 bridgehead atoms. The number of nitrogens with two attached hydrogens (primary N) is 1. The second-order valence-corrected chi connectivity index (χ2v) is 7.20. The minimum absolute atomic E-state index is 0.229. The molecule has 0 atom stereocenters. The van der Waals surface area contributed by atoms with E-state index in [1.54, 1.807) is 4.90 Å². The molecule has 2 heterocycles. The van der Waals surface area contributed by atoms with Crippen LogP contribution < -0.4 is 11.1 Å². The van der Waals surface area contributed by atoms with Crippen molar-refractivity contribution in [3.8, 4) is 6.07 Å². The van der Waals surface area contributed by atoms with Gasteiger partial charge in [-0.15, -0.1) is 0 Å². The van der Waals surface area contributed by atoms with E-state index in [0.717, 1.165) is 29.8 Å². The number of urea groups is 1. The predicted octanol–water partition coefficient (Wildman–Crippen LogP) is 2.69. The van der Waals surface area contributed by atoms with E-state index in [0.29, 0.717) is 30.3 Å². The summed E-state index contributed by atoms with van der Waals surface area (Å²) in [6.07, 6.45) is 2.04. The minimum atomic E-state index is -0.608. The molecular formula is C20H21N5O2. The van der Waals surface area contributed by atoms with E-state index in [1.807, 2.05) is 35.8 Å². The number of nitrogens with zero attached hydrogens (tertiary/aromatic N) is 3. The zero-order valence-electron chi connectivity index (χ0n) is 15.2. The van der Waals surface area contributed by atoms with Crippen LogP contribution in [0.2, 0.25) is 0 Å². The number of aromatic nitrogens is 1. The van der Waals surface area contributed by atoms with Crippen LogP contribution in [0.5, 0.6) is 0 Å². The first kappa shape index (κ1) is 17.2. The van der Waals surface area contributed by atoms with Gasteiger partial charge in [0, 0.05) is 30.4 Å². The van der Waals surface area contributed by atoms with Crippen molar-refractivity contribution >= 4 is 17.6 Å². The third-order valence-electron chi connectivity index (χ3n) is 5.26. The number of benzene rings is 1. The van der Waals surface area contributed by atoms with Gasteiger partial charge in [-0.1, -0.05) is 17.7 Å². The fourth-order valence-corrected chi connectivity index (χ4v) is 3.76. The summed E-state index contributed by atoms with van der Waals surface area (Å²) >= 11 is 0. The molecular weight excluding hydrogens is 342 g/mol. The summed E-state index contributed by atoms with van der Waals surface area (Å²) < 4.78 is 2.03. The average Bonchev–Trinajstić information content (AvgIpc) is 3.43. The van der Waals surface area contributed by atoms with Crippen LogP contribution in [0.4, 0.5) is 10.5 Å². The van der Waals surface area contributed by atoms with Crippen molar-refractivity contribution < 1.29 is 9.59 Å². The Hall–Kier alpha value is -3.27. The lowest BCUT2D eigenvalue weighted by Gasteiger charge is -2.30. The maximum absolute atomic E-state index is 12.7. The number of anilines is 1. The molecule has 3 amide bonds. The first-order valence-electron chi connectivity index (χ1n) is 9.07. The number of nitriles is 1. The zero-order valence-corrected chi connectivity index (χ0v) is 15.2. The number of carbonyl (C=O) groups excluding carboxylic acids is 2. The van der Waals surface area contributed by atoms with Gasteiger partial charge in [-0.25, -0.2) is 4.79 Å². The van der Waals surface area contributed by atoms with Crippen molar-refractivity contribution in [3.05, 3.63) is 52.3 Å². The zero-order chi connectivity index (χ0) is 19.1. The number of hydrogen-bond donors (Lipinski definition) is 2. The molecule has 27 heavy (non-hydrogen) atoms. The summed E-state index contributed by atoms with van der Waals surface area (Å²) in [5.41, 5.74) is 9.67. The molecule has 0 spiro atoms. The van der Waals surface area contributed by atoms with Crippen molar-refractivity contribution in [1.29, 1.82) is 5.26 Å². The van der Waals surface area contributed by atoms with Crippen molar-refractivity contribution in [2.24, 2.45) is 5.73 Å². The Balaban J connectivity index is 1.62. The third-order valence-corrected chi connectivity index (χ3v) is 5.26. The van der Waals surface area contributed by atoms with Crippen LogP contribution in [-0.4, -0.2) is 28.0 Å². The van der Waals surface area contributed by atoms with E-state index in [2.05, 4.69) is 11.4 Å². The summed E-state index contributed by atoms with van der Waals surface area (Å²) in [7, 11) is 0. The van der Waals surface area contributed by atoms with Gasteiger partial charge in [-0.3, -0.25) is 4.79 Å². The molecule has 4 rings (SSSR count). The van der Waals surface area contributed by atoms with Gasteiger partial charge in [0.25, 0.3) is 5.91 Å². The average molecular weight is 363 g/mol. The van der Waals surface area contributed by atoms with Crippen LogP contribution in [0.15, 0.2) is 24.3 Å². The van der Waals surface area contributed by atoms with Gasteiger partial charge in [0.2, 0.25) is 0 Å². The molecule has 2 aromatic rings. The number of primary amides is 1. The van der Waals surface area contributed by atoms with Gasteiger partial charge in [0.15, 0.2) is 0 Å². The second-order valence-electron chi connectivity index (χ2n) is 7.20. The Bertz CT molecular complexity index is 964. The predicted molar refractivity (Wildman–Crippen MR) is 100 cm³/mol. The maximum Gasteiger partial charge on any atom is 0.322 e. The molecule has 7 heteroatoms. The molecule has 0 saturated heterocycles. The lowest BCUT2D eigenvalue weighted by molar-refractivity contribution is 0.0997. The first-order chi connectivity index (χ1) is 13.0. The van der Waals surface area contributed by atoms with E-state index < -0.39 is 5.91 Å². The van der Waals surface area contributed by atoms with E-state index in [1.165, 1.54) is 0 Å². The topological polar surface area (TPSA) is 104 Å². The number of hydrogen-bond acceptors (Lipinski definition) is 3. The summed E-state index contributed by atoms with van der Waals surface area (Å²) in [6.45, 7) is 3.32. The molecule has 7 nitrogen and oxygen atoms in total. The van der Waals surface area contributed by atoms with E-state index in [4.69, 9.17) is 5.73 Å². The Morgan fingerprint density at radius 3 is 2.52 bits per heavy atom. The van der Waals surface area contributed by atoms with E-state index >= 15 is 0 Å². The highest BCUT2D eigenvalue weighted by Gasteiger charge is 2.37. The highest BCUT2D eigenvalue weighted by atomic mass is 16.2. The number of amides is 3. The molecule has 138 valence electrons. The molecule has 1 fully saturated rings. The van der Waals surface area contributed by atoms with Gasteiger partial charge >= 0.3 is 6.03 Å². The highest BCUT2D eigenvalue weighted by molar-refractivity contribution is 5.98. The van der Waals surface area contributed by atoms with Crippen LogP contribution in [0.1, 0.15) is 51.6 Å². The van der Waals surface area contributed by atoms with Crippen LogP contribution in [-0.2, 0) is 13.1 Å². The fourth-order valence-electron chi connectivity index (χ4n) is 3.76. The van der Waals surface area contributed by atoms with E-state index in [9.17, 15) is 14.9 Å². The Kier molecular flexibility index (Phi) is 4.11. The number of carbonyl (C=O) groups is 2. The smallest absolute Gasteiger partial charge is 0.322 e. The second kappa shape index (κ2) is 6.47. The first-order valence-corrected chi connectivity index (χ1v) is 9.07. The molecule has 0 unspecified atom stereocenters. The number of aryl methyl sites for hydroxylation is 1. The molecule has 1 aliphatic heterocycles. The number of nitrogens with one attached hydrogen (secondary N) is 1. The van der Waals surface area contributed by atoms with Gasteiger partial charge in [-0.2, -0.15) is 5.26 Å². The number of fused-ring (bicyclic) bond motifs is 1. The quantitative estimate of drug-likeness (QED) is 0.876. The monoisotopic (exact) mass is 363 g/mol. The SMILES string of the molecule is Cc1ccc(NC(=O)N2CCn3c(c(C(N)=O)c(C#N)c3C3CC3)C2)cc1. The third kappa shape index (κ3) is 3.04. The summed E-state index contributed by atoms with van der Waals surface area (Å²) in [4.78, 5) is 26.4. The lowest BCUT2D eigenvalue weighted by Crippen LogP contribution is -2.41. The van der Waals surface area contributed by atoms with Crippen molar-refractivity contribution in [1.82, 2.24) is 9.47 Å². The van der Waals surface area contributed by atoms with Crippen LogP contribution in [0, 0.1) is 18.3 Å². The molecule has 0 radical (unpaired) electrons. The minimum Gasteiger partial charge on any atom is -0.366 e. The molecule has 1 saturated carbocycles. The van der Waals surface area contributed by atoms with Gasteiger partial charge in [-0.05, 0) is 31.9 Å². The molecule has 1 aromatic carbocycles. The summed E-state index contributed by atoms with van der Waals surface area (Å²) in [5, 5.41) is 12.5. The lowest BCUT2D eigenvalue weighted by atomic mass is 10.1. The molecule has 3 N–H and O–H groups in total. The highest BCUT2D eigenvalue weighted by Crippen LogP contribution is 2.44. The molecule has 1 aliphatic carbocycles. The van der Waals surface area contributed by atoms with Gasteiger partial charge in [0.1, 0.15) is 6.07 Å².